The molecule has 1 saturated heterocycles. The quantitative estimate of drug-likeness (QED) is 0.647. The van der Waals surface area contributed by atoms with Gasteiger partial charge in [0.1, 0.15) is 17.2 Å². The first kappa shape index (κ1) is 20.4. The normalized spacial score (nSPS) is 15.6. The molecule has 1 aromatic carbocycles. The molecule has 2 heterocycles. The molecule has 28 heavy (non-hydrogen) atoms. The van der Waals surface area contributed by atoms with Crippen molar-refractivity contribution in [1.82, 2.24) is 20.6 Å². The number of carbonyl (C=O) groups is 1. The summed E-state index contributed by atoms with van der Waals surface area (Å²) in [6, 6.07) is 4.96. The molecule has 8 heteroatoms. The molecule has 0 unspecified atom stereocenters. The van der Waals surface area contributed by atoms with Crippen LogP contribution in [0.15, 0.2) is 24.3 Å². The number of benzene rings is 1. The predicted molar refractivity (Wildman–Crippen MR) is 101 cm³/mol. The van der Waals surface area contributed by atoms with Crippen molar-refractivity contribution in [1.29, 1.82) is 0 Å². The first-order chi connectivity index (χ1) is 13.4. The molecule has 3 rings (SSSR count). The van der Waals surface area contributed by atoms with E-state index in [4.69, 9.17) is 0 Å². The van der Waals surface area contributed by atoms with E-state index < -0.39 is 11.7 Å². The van der Waals surface area contributed by atoms with Crippen LogP contribution < -0.4 is 10.6 Å². The minimum absolute atomic E-state index is 0.156. The van der Waals surface area contributed by atoms with Crippen LogP contribution in [0.4, 0.5) is 13.2 Å². The van der Waals surface area contributed by atoms with E-state index in [9.17, 15) is 18.0 Å². The molecule has 1 fully saturated rings. The number of carbonyl (C=O) groups excluding carboxylic acids is 1. The third kappa shape index (κ3) is 4.73. The van der Waals surface area contributed by atoms with Gasteiger partial charge in [-0.2, -0.15) is 13.2 Å². The number of amides is 1. The summed E-state index contributed by atoms with van der Waals surface area (Å²) < 4.78 is 39.4. The van der Waals surface area contributed by atoms with Crippen LogP contribution >= 0.6 is 0 Å². The number of halogens is 3. The standard InChI is InChI=1S/C20H25F3N4O/c1-2-3-9-25-19(28)17-16(14-5-4-6-15(12-14)20(21,22)23)26-18(27-17)13-7-10-24-11-8-13/h4-6,12-13,24H,2-3,7-11H2,1H3,(H,25,28)(H,26,27). The van der Waals surface area contributed by atoms with Gasteiger partial charge in [0.05, 0.1) is 5.56 Å². The zero-order chi connectivity index (χ0) is 20.1. The van der Waals surface area contributed by atoms with Crippen molar-refractivity contribution in [3.8, 4) is 11.3 Å². The van der Waals surface area contributed by atoms with Crippen molar-refractivity contribution < 1.29 is 18.0 Å². The second kappa shape index (κ2) is 8.77. The van der Waals surface area contributed by atoms with E-state index in [0.29, 0.717) is 12.4 Å². The highest BCUT2D eigenvalue weighted by Crippen LogP contribution is 2.34. The molecule has 1 aromatic heterocycles. The molecule has 1 amide bonds. The molecule has 3 N–H and O–H groups in total. The van der Waals surface area contributed by atoms with Crippen LogP contribution in [0, 0.1) is 0 Å². The smallest absolute Gasteiger partial charge is 0.351 e. The van der Waals surface area contributed by atoms with Gasteiger partial charge in [0.2, 0.25) is 0 Å². The fraction of sp³-hybridized carbons (Fsp3) is 0.500. The summed E-state index contributed by atoms with van der Waals surface area (Å²) in [6.45, 7) is 4.23. The molecule has 0 spiro atoms. The third-order valence-electron chi connectivity index (χ3n) is 4.95. The molecule has 0 bridgehead atoms. The molecule has 1 aliphatic heterocycles. The lowest BCUT2D eigenvalue weighted by molar-refractivity contribution is -0.137. The maximum atomic E-state index is 13.1. The number of hydrogen-bond donors (Lipinski definition) is 3. The average Bonchev–Trinajstić information content (AvgIpc) is 3.14. The predicted octanol–water partition coefficient (Wildman–Crippen LogP) is 4.09. The monoisotopic (exact) mass is 394 g/mol. The summed E-state index contributed by atoms with van der Waals surface area (Å²) in [7, 11) is 0. The van der Waals surface area contributed by atoms with Gasteiger partial charge in [-0.05, 0) is 44.5 Å². The number of alkyl halides is 3. The lowest BCUT2D eigenvalue weighted by Gasteiger charge is -2.20. The van der Waals surface area contributed by atoms with Crippen LogP contribution in [0.25, 0.3) is 11.3 Å². The highest BCUT2D eigenvalue weighted by Gasteiger charge is 2.31. The Kier molecular flexibility index (Phi) is 6.39. The van der Waals surface area contributed by atoms with Crippen LogP contribution in [-0.2, 0) is 6.18 Å². The molecule has 5 nitrogen and oxygen atoms in total. The molecule has 152 valence electrons. The van der Waals surface area contributed by atoms with Gasteiger partial charge >= 0.3 is 6.18 Å². The van der Waals surface area contributed by atoms with Crippen LogP contribution in [0.1, 0.15) is 60.4 Å². The first-order valence-electron chi connectivity index (χ1n) is 9.66. The van der Waals surface area contributed by atoms with Gasteiger partial charge in [0.25, 0.3) is 5.91 Å². The number of piperidine rings is 1. The zero-order valence-corrected chi connectivity index (χ0v) is 15.8. The SMILES string of the molecule is CCCCNC(=O)c1[nH]c(C2CCNCC2)nc1-c1cccc(C(F)(F)F)c1. The Labute approximate surface area is 162 Å². The van der Waals surface area contributed by atoms with Gasteiger partial charge in [-0.15, -0.1) is 0 Å². The number of aromatic amines is 1. The Hall–Kier alpha value is -2.35. The number of aromatic nitrogens is 2. The van der Waals surface area contributed by atoms with Gasteiger partial charge in [-0.1, -0.05) is 25.5 Å². The molecular weight excluding hydrogens is 369 g/mol. The van der Waals surface area contributed by atoms with Crippen molar-refractivity contribution in [2.75, 3.05) is 19.6 Å². The summed E-state index contributed by atoms with van der Waals surface area (Å²) in [5, 5.41) is 6.10. The Bertz CT molecular complexity index is 810. The Morgan fingerprint density at radius 2 is 2.04 bits per heavy atom. The van der Waals surface area contributed by atoms with Gasteiger partial charge in [0, 0.05) is 18.0 Å². The van der Waals surface area contributed by atoms with Gasteiger partial charge in [-0.25, -0.2) is 4.98 Å². The number of hydrogen-bond acceptors (Lipinski definition) is 3. The van der Waals surface area contributed by atoms with Crippen LogP contribution in [0.2, 0.25) is 0 Å². The molecule has 1 aliphatic rings. The summed E-state index contributed by atoms with van der Waals surface area (Å²) >= 11 is 0. The first-order valence-corrected chi connectivity index (χ1v) is 9.66. The second-order valence-electron chi connectivity index (χ2n) is 7.06. The minimum atomic E-state index is -4.45. The summed E-state index contributed by atoms with van der Waals surface area (Å²) in [4.78, 5) is 20.3. The average molecular weight is 394 g/mol. The Morgan fingerprint density at radius 3 is 2.71 bits per heavy atom. The van der Waals surface area contributed by atoms with Crippen LogP contribution in [0.5, 0.6) is 0 Å². The Balaban J connectivity index is 1.97. The molecule has 0 saturated carbocycles. The van der Waals surface area contributed by atoms with E-state index in [-0.39, 0.29) is 28.8 Å². The summed E-state index contributed by atoms with van der Waals surface area (Å²) in [6.07, 6.45) is -0.948. The van der Waals surface area contributed by atoms with Gasteiger partial charge in [-0.3, -0.25) is 4.79 Å². The fourth-order valence-corrected chi connectivity index (χ4v) is 3.36. The molecular formula is C20H25F3N4O. The number of unbranched alkanes of at least 4 members (excludes halogenated alkanes) is 1. The lowest BCUT2D eigenvalue weighted by atomic mass is 9.98. The van der Waals surface area contributed by atoms with Crippen molar-refractivity contribution in [2.45, 2.75) is 44.7 Å². The number of nitrogens with zero attached hydrogens (tertiary/aromatic N) is 1. The lowest BCUT2D eigenvalue weighted by Crippen LogP contribution is -2.27. The van der Waals surface area contributed by atoms with Crippen molar-refractivity contribution in [3.05, 3.63) is 41.3 Å². The highest BCUT2D eigenvalue weighted by molar-refractivity contribution is 5.98. The third-order valence-corrected chi connectivity index (χ3v) is 4.95. The Morgan fingerprint density at radius 1 is 1.29 bits per heavy atom. The molecule has 0 radical (unpaired) electrons. The summed E-state index contributed by atoms with van der Waals surface area (Å²) in [5.74, 6) is 0.478. The van der Waals surface area contributed by atoms with Gasteiger partial charge in [0.15, 0.2) is 0 Å². The molecule has 0 aliphatic carbocycles. The van der Waals surface area contributed by atoms with Crippen molar-refractivity contribution >= 4 is 5.91 Å². The fourth-order valence-electron chi connectivity index (χ4n) is 3.36. The van der Waals surface area contributed by atoms with E-state index in [1.807, 2.05) is 6.92 Å². The van der Waals surface area contributed by atoms with Crippen LogP contribution in [-0.4, -0.2) is 35.5 Å². The second-order valence-corrected chi connectivity index (χ2v) is 7.06. The van der Waals surface area contributed by atoms with Gasteiger partial charge < -0.3 is 15.6 Å². The number of nitrogens with one attached hydrogen (secondary N) is 3. The maximum Gasteiger partial charge on any atom is 0.416 e. The number of rotatable bonds is 6. The largest absolute Gasteiger partial charge is 0.416 e. The van der Waals surface area contributed by atoms with E-state index in [2.05, 4.69) is 20.6 Å². The number of imidazole rings is 1. The summed E-state index contributed by atoms with van der Waals surface area (Å²) in [5.41, 5.74) is 0.0262. The zero-order valence-electron chi connectivity index (χ0n) is 15.8. The van der Waals surface area contributed by atoms with E-state index in [1.165, 1.54) is 6.07 Å². The van der Waals surface area contributed by atoms with Crippen molar-refractivity contribution in [3.63, 3.8) is 0 Å². The maximum absolute atomic E-state index is 13.1. The topological polar surface area (TPSA) is 69.8 Å². The van der Waals surface area contributed by atoms with E-state index in [1.54, 1.807) is 6.07 Å². The van der Waals surface area contributed by atoms with Crippen LogP contribution in [0.3, 0.4) is 0 Å². The molecule has 2 aromatic rings. The van der Waals surface area contributed by atoms with E-state index in [0.717, 1.165) is 50.9 Å². The number of H-pyrrole nitrogens is 1. The van der Waals surface area contributed by atoms with Crippen molar-refractivity contribution in [2.24, 2.45) is 0 Å². The molecule has 0 atom stereocenters. The minimum Gasteiger partial charge on any atom is -0.351 e. The van der Waals surface area contributed by atoms with E-state index >= 15 is 0 Å². The highest BCUT2D eigenvalue weighted by atomic mass is 19.4.